The van der Waals surface area contributed by atoms with E-state index in [4.69, 9.17) is 20.9 Å². The Hall–Kier alpha value is -3.09. The van der Waals surface area contributed by atoms with Crippen LogP contribution in [0.5, 0.6) is 5.75 Å². The predicted octanol–water partition coefficient (Wildman–Crippen LogP) is 8.18. The van der Waals surface area contributed by atoms with Crippen LogP contribution in [-0.4, -0.2) is 18.7 Å². The van der Waals surface area contributed by atoms with Crippen molar-refractivity contribution in [2.75, 3.05) is 18.1 Å². The summed E-state index contributed by atoms with van der Waals surface area (Å²) in [5.41, 5.74) is 14.7. The van der Waals surface area contributed by atoms with Crippen LogP contribution in [-0.2, 0) is 16.0 Å². The fraction of sp³-hybridized carbons (Fsp3) is 0.531. The summed E-state index contributed by atoms with van der Waals surface area (Å²) in [6.45, 7) is 2.50. The van der Waals surface area contributed by atoms with E-state index in [2.05, 4.69) is 6.92 Å². The van der Waals surface area contributed by atoms with Gasteiger partial charge >= 0.3 is 12.1 Å². The topological polar surface area (TPSA) is 87.6 Å². The lowest BCUT2D eigenvalue weighted by molar-refractivity contribution is -0.223. The predicted molar refractivity (Wildman–Crippen MR) is 154 cm³/mol. The summed E-state index contributed by atoms with van der Waals surface area (Å²) in [7, 11) is 0. The van der Waals surface area contributed by atoms with Gasteiger partial charge in [-0.25, -0.2) is 4.79 Å². The summed E-state index contributed by atoms with van der Waals surface area (Å²) < 4.78 is 40.0. The summed E-state index contributed by atoms with van der Waals surface area (Å²) in [6.07, 6.45) is 10.9. The number of carbonyl (C=O) groups is 1. The summed E-state index contributed by atoms with van der Waals surface area (Å²) in [5.74, 6) is -0.499. The van der Waals surface area contributed by atoms with Gasteiger partial charge in [-0.3, -0.25) is 0 Å². The van der Waals surface area contributed by atoms with Gasteiger partial charge < -0.3 is 20.9 Å². The fourth-order valence-corrected chi connectivity index (χ4v) is 5.18. The average Bonchev–Trinajstić information content (AvgIpc) is 2.92. The molecule has 214 valence electrons. The minimum Gasteiger partial charge on any atom is -0.463 e. The SMILES string of the molecule is CCCCCCC1CCC(C(F)(F)Oc2ccc(/C=C/C(=O)OCCCCc3ccc(N)cc3N)cc2)CC1. The molecule has 0 aliphatic heterocycles. The number of anilines is 2. The van der Waals surface area contributed by atoms with E-state index < -0.39 is 18.0 Å². The van der Waals surface area contributed by atoms with Crippen molar-refractivity contribution in [1.29, 1.82) is 0 Å². The number of ether oxygens (including phenoxy) is 2. The van der Waals surface area contributed by atoms with Gasteiger partial charge in [0.25, 0.3) is 0 Å². The highest BCUT2D eigenvalue weighted by atomic mass is 19.3. The van der Waals surface area contributed by atoms with Crippen LogP contribution < -0.4 is 16.2 Å². The Morgan fingerprint density at radius 3 is 2.41 bits per heavy atom. The van der Waals surface area contributed by atoms with Crippen LogP contribution in [0.2, 0.25) is 0 Å². The molecular formula is C32H44F2N2O3. The Labute approximate surface area is 231 Å². The minimum atomic E-state index is -3.19. The maximum Gasteiger partial charge on any atom is 0.400 e. The smallest absolute Gasteiger partial charge is 0.400 e. The first-order valence-corrected chi connectivity index (χ1v) is 14.4. The lowest BCUT2D eigenvalue weighted by Crippen LogP contribution is -2.37. The normalized spacial score (nSPS) is 17.8. The molecule has 0 amide bonds. The lowest BCUT2D eigenvalue weighted by Gasteiger charge is -2.33. The third-order valence-corrected chi connectivity index (χ3v) is 7.59. The second kappa shape index (κ2) is 15.5. The molecule has 0 radical (unpaired) electrons. The highest BCUT2D eigenvalue weighted by Crippen LogP contribution is 2.41. The van der Waals surface area contributed by atoms with Crippen molar-refractivity contribution in [2.24, 2.45) is 11.8 Å². The number of nitrogen functional groups attached to an aromatic ring is 2. The number of aryl methyl sites for hydroxylation is 1. The first-order valence-electron chi connectivity index (χ1n) is 14.4. The summed E-state index contributed by atoms with van der Waals surface area (Å²) >= 11 is 0. The summed E-state index contributed by atoms with van der Waals surface area (Å²) in [4.78, 5) is 12.0. The number of unbranched alkanes of at least 4 members (excludes halogenated alkanes) is 4. The molecule has 1 aliphatic carbocycles. The second-order valence-electron chi connectivity index (χ2n) is 10.7. The Kier molecular flexibility index (Phi) is 12.1. The van der Waals surface area contributed by atoms with Crippen molar-refractivity contribution in [1.82, 2.24) is 0 Å². The quantitative estimate of drug-likeness (QED) is 0.103. The maximum atomic E-state index is 14.8. The van der Waals surface area contributed by atoms with E-state index >= 15 is 0 Å². The minimum absolute atomic E-state index is 0.128. The van der Waals surface area contributed by atoms with E-state index in [9.17, 15) is 13.6 Å². The monoisotopic (exact) mass is 542 g/mol. The zero-order valence-electron chi connectivity index (χ0n) is 23.2. The number of esters is 1. The molecule has 5 nitrogen and oxygen atoms in total. The van der Waals surface area contributed by atoms with Crippen LogP contribution in [0.4, 0.5) is 20.2 Å². The molecule has 2 aromatic rings. The van der Waals surface area contributed by atoms with Gasteiger partial charge in [0, 0.05) is 17.5 Å². The number of halogens is 2. The number of rotatable bonds is 15. The molecule has 0 saturated heterocycles. The van der Waals surface area contributed by atoms with Crippen molar-refractivity contribution in [2.45, 2.75) is 90.1 Å². The van der Waals surface area contributed by atoms with Crippen LogP contribution in [0.15, 0.2) is 48.5 Å². The number of hydrogen-bond acceptors (Lipinski definition) is 5. The third kappa shape index (κ3) is 10.5. The summed E-state index contributed by atoms with van der Waals surface area (Å²) in [5, 5.41) is 0. The molecule has 0 spiro atoms. The van der Waals surface area contributed by atoms with E-state index in [-0.39, 0.29) is 5.75 Å². The Balaban J connectivity index is 1.35. The summed E-state index contributed by atoms with van der Waals surface area (Å²) in [6, 6.07) is 11.8. The highest BCUT2D eigenvalue weighted by molar-refractivity contribution is 5.87. The molecule has 2 aromatic carbocycles. The van der Waals surface area contributed by atoms with E-state index in [1.807, 2.05) is 12.1 Å². The van der Waals surface area contributed by atoms with E-state index in [0.717, 1.165) is 37.7 Å². The van der Waals surface area contributed by atoms with Gasteiger partial charge in [0.1, 0.15) is 5.75 Å². The van der Waals surface area contributed by atoms with Crippen LogP contribution in [0.25, 0.3) is 6.08 Å². The number of benzene rings is 2. The Morgan fingerprint density at radius 2 is 1.72 bits per heavy atom. The van der Waals surface area contributed by atoms with Crippen molar-refractivity contribution in [3.8, 4) is 5.75 Å². The molecule has 0 heterocycles. The Morgan fingerprint density at radius 1 is 0.974 bits per heavy atom. The van der Waals surface area contributed by atoms with Gasteiger partial charge in [-0.15, -0.1) is 0 Å². The van der Waals surface area contributed by atoms with Gasteiger partial charge in [-0.05, 0) is 92.3 Å². The van der Waals surface area contributed by atoms with Gasteiger partial charge in [-0.1, -0.05) is 57.2 Å². The van der Waals surface area contributed by atoms with Gasteiger partial charge in [0.15, 0.2) is 0 Å². The van der Waals surface area contributed by atoms with E-state index in [0.29, 0.717) is 48.7 Å². The molecule has 0 bridgehead atoms. The molecule has 0 aromatic heterocycles. The van der Waals surface area contributed by atoms with Crippen LogP contribution in [0, 0.1) is 11.8 Å². The molecule has 39 heavy (non-hydrogen) atoms. The van der Waals surface area contributed by atoms with Crippen molar-refractivity contribution >= 4 is 23.4 Å². The van der Waals surface area contributed by atoms with E-state index in [1.54, 1.807) is 24.3 Å². The zero-order chi connectivity index (χ0) is 28.1. The molecule has 0 atom stereocenters. The lowest BCUT2D eigenvalue weighted by atomic mass is 9.79. The van der Waals surface area contributed by atoms with Gasteiger partial charge in [0.2, 0.25) is 0 Å². The molecule has 1 saturated carbocycles. The van der Waals surface area contributed by atoms with Crippen LogP contribution in [0.3, 0.4) is 0 Å². The standard InChI is InChI=1S/C32H44F2N2O3/c1-2-3-4-5-8-24-10-16-27(17-11-24)32(33,34)39-29-19-12-25(13-20-29)14-21-31(37)38-22-7-6-9-26-15-18-28(35)23-30(26)36/h12-15,18-21,23-24,27H,2-11,16-17,22,35-36H2,1H3/b21-14+. The van der Waals surface area contributed by atoms with Crippen molar-refractivity contribution in [3.63, 3.8) is 0 Å². The molecule has 3 rings (SSSR count). The Bertz CT molecular complexity index is 1050. The van der Waals surface area contributed by atoms with Crippen LogP contribution >= 0.6 is 0 Å². The highest BCUT2D eigenvalue weighted by Gasteiger charge is 2.43. The number of alkyl halides is 2. The first-order chi connectivity index (χ1) is 18.8. The molecule has 7 heteroatoms. The second-order valence-corrected chi connectivity index (χ2v) is 10.7. The number of nitrogens with two attached hydrogens (primary N) is 2. The molecule has 0 unspecified atom stereocenters. The average molecular weight is 543 g/mol. The van der Waals surface area contributed by atoms with Crippen molar-refractivity contribution in [3.05, 3.63) is 59.7 Å². The van der Waals surface area contributed by atoms with Crippen LogP contribution in [0.1, 0.15) is 88.7 Å². The van der Waals surface area contributed by atoms with E-state index in [1.165, 1.54) is 43.9 Å². The number of carbonyl (C=O) groups excluding carboxylic acids is 1. The first kappa shape index (κ1) is 30.5. The maximum absolute atomic E-state index is 14.8. The fourth-order valence-electron chi connectivity index (χ4n) is 5.18. The largest absolute Gasteiger partial charge is 0.463 e. The van der Waals surface area contributed by atoms with Gasteiger partial charge in [0.05, 0.1) is 12.5 Å². The molecular weight excluding hydrogens is 498 g/mol. The van der Waals surface area contributed by atoms with Gasteiger partial charge in [-0.2, -0.15) is 8.78 Å². The molecule has 1 fully saturated rings. The third-order valence-electron chi connectivity index (χ3n) is 7.59. The van der Waals surface area contributed by atoms with Crippen molar-refractivity contribution < 1.29 is 23.0 Å². The number of hydrogen-bond donors (Lipinski definition) is 2. The zero-order valence-corrected chi connectivity index (χ0v) is 23.2. The molecule has 4 N–H and O–H groups in total. The molecule has 1 aliphatic rings.